The summed E-state index contributed by atoms with van der Waals surface area (Å²) in [6, 6.07) is 2.19. The molecule has 106 valence electrons. The number of hydrogen-bond acceptors (Lipinski definition) is 4. The number of benzene rings is 1. The Morgan fingerprint density at radius 2 is 2.15 bits per heavy atom. The molecule has 3 N–H and O–H groups in total. The number of nitrogens with two attached hydrogens (primary N) is 1. The summed E-state index contributed by atoms with van der Waals surface area (Å²) in [6.07, 6.45) is 1.57. The minimum Gasteiger partial charge on any atom is -0.444 e. The van der Waals surface area contributed by atoms with E-state index in [4.69, 9.17) is 10.2 Å². The molecule has 0 aliphatic carbocycles. The van der Waals surface area contributed by atoms with Crippen molar-refractivity contribution in [2.75, 3.05) is 5.73 Å². The van der Waals surface area contributed by atoms with Crippen molar-refractivity contribution in [3.8, 4) is 0 Å². The number of aromatic nitrogens is 1. The molecule has 1 amide bonds. The predicted octanol–water partition coefficient (Wildman–Crippen LogP) is 2.50. The molecular formula is C14H16FN3O2. The zero-order chi connectivity index (χ0) is 14.9. The number of nitrogens with one attached hydrogen (secondary N) is 1. The van der Waals surface area contributed by atoms with Crippen molar-refractivity contribution in [1.29, 1.82) is 0 Å². The third kappa shape index (κ3) is 2.79. The normalized spacial score (nSPS) is 12.2. The van der Waals surface area contributed by atoms with Crippen molar-refractivity contribution in [3.63, 3.8) is 0 Å². The highest BCUT2D eigenvalue weighted by Gasteiger charge is 2.17. The predicted molar refractivity (Wildman–Crippen MR) is 72.7 cm³/mol. The van der Waals surface area contributed by atoms with Gasteiger partial charge in [-0.25, -0.2) is 9.37 Å². The zero-order valence-electron chi connectivity index (χ0n) is 11.5. The van der Waals surface area contributed by atoms with Crippen molar-refractivity contribution in [3.05, 3.63) is 46.9 Å². The van der Waals surface area contributed by atoms with Crippen LogP contribution in [0, 0.1) is 19.7 Å². The molecule has 0 aliphatic rings. The van der Waals surface area contributed by atoms with Crippen LogP contribution in [0.25, 0.3) is 0 Å². The van der Waals surface area contributed by atoms with Crippen LogP contribution < -0.4 is 11.1 Å². The van der Waals surface area contributed by atoms with Gasteiger partial charge in [-0.1, -0.05) is 0 Å². The first-order valence-electron chi connectivity index (χ1n) is 6.17. The van der Waals surface area contributed by atoms with Crippen LogP contribution in [-0.2, 0) is 0 Å². The zero-order valence-corrected chi connectivity index (χ0v) is 11.5. The Hall–Kier alpha value is -2.37. The quantitative estimate of drug-likeness (QED) is 0.845. The number of hydrogen-bond donors (Lipinski definition) is 2. The molecule has 0 saturated heterocycles. The molecule has 0 spiro atoms. The minimum absolute atomic E-state index is 0.167. The summed E-state index contributed by atoms with van der Waals surface area (Å²) in [7, 11) is 0. The molecule has 2 rings (SSSR count). The lowest BCUT2D eigenvalue weighted by molar-refractivity contribution is 0.0933. The molecule has 20 heavy (non-hydrogen) atoms. The van der Waals surface area contributed by atoms with Gasteiger partial charge in [0.2, 0.25) is 5.89 Å². The second-order valence-corrected chi connectivity index (χ2v) is 4.68. The molecule has 1 unspecified atom stereocenters. The van der Waals surface area contributed by atoms with Gasteiger partial charge in [0.1, 0.15) is 17.6 Å². The minimum atomic E-state index is -0.505. The molecule has 1 atom stereocenters. The summed E-state index contributed by atoms with van der Waals surface area (Å²) in [5.74, 6) is 0.122. The molecule has 0 saturated carbocycles. The lowest BCUT2D eigenvalue weighted by atomic mass is 10.1. The van der Waals surface area contributed by atoms with E-state index in [0.717, 1.165) is 6.07 Å². The summed E-state index contributed by atoms with van der Waals surface area (Å²) < 4.78 is 18.9. The topological polar surface area (TPSA) is 81.2 Å². The Morgan fingerprint density at radius 3 is 2.70 bits per heavy atom. The van der Waals surface area contributed by atoms with E-state index in [-0.39, 0.29) is 11.3 Å². The van der Waals surface area contributed by atoms with E-state index in [9.17, 15) is 9.18 Å². The Morgan fingerprint density at radius 1 is 1.45 bits per heavy atom. The number of nitrogens with zero attached hydrogens (tertiary/aromatic N) is 1. The lowest BCUT2D eigenvalue weighted by Crippen LogP contribution is -2.27. The molecule has 1 aromatic carbocycles. The number of aryl methyl sites for hydroxylation is 1. The van der Waals surface area contributed by atoms with Gasteiger partial charge in [0.25, 0.3) is 5.91 Å². The lowest BCUT2D eigenvalue weighted by Gasteiger charge is -2.11. The third-order valence-corrected chi connectivity index (χ3v) is 3.00. The van der Waals surface area contributed by atoms with Crippen LogP contribution in [0.2, 0.25) is 0 Å². The van der Waals surface area contributed by atoms with E-state index >= 15 is 0 Å². The fourth-order valence-electron chi connectivity index (χ4n) is 1.75. The highest BCUT2D eigenvalue weighted by atomic mass is 19.1. The Bertz CT molecular complexity index is 629. The number of carbonyl (C=O) groups excluding carboxylic acids is 1. The largest absolute Gasteiger partial charge is 0.444 e. The second-order valence-electron chi connectivity index (χ2n) is 4.68. The molecular weight excluding hydrogens is 261 g/mol. The third-order valence-electron chi connectivity index (χ3n) is 3.00. The van der Waals surface area contributed by atoms with Crippen LogP contribution in [-0.4, -0.2) is 10.9 Å². The van der Waals surface area contributed by atoms with Crippen LogP contribution in [0.5, 0.6) is 0 Å². The van der Waals surface area contributed by atoms with Crippen molar-refractivity contribution >= 4 is 11.6 Å². The van der Waals surface area contributed by atoms with Crippen LogP contribution in [0.15, 0.2) is 22.7 Å². The van der Waals surface area contributed by atoms with E-state index < -0.39 is 17.8 Å². The van der Waals surface area contributed by atoms with Gasteiger partial charge in [-0.2, -0.15) is 0 Å². The average molecular weight is 277 g/mol. The second kappa shape index (κ2) is 5.32. The Kier molecular flexibility index (Phi) is 3.74. The first kappa shape index (κ1) is 14.0. The van der Waals surface area contributed by atoms with Gasteiger partial charge in [-0.15, -0.1) is 0 Å². The van der Waals surface area contributed by atoms with Crippen LogP contribution >= 0.6 is 0 Å². The number of halogens is 1. The summed E-state index contributed by atoms with van der Waals surface area (Å²) in [6.45, 7) is 5.06. The maximum Gasteiger partial charge on any atom is 0.252 e. The van der Waals surface area contributed by atoms with Crippen molar-refractivity contribution in [2.45, 2.75) is 26.8 Å². The van der Waals surface area contributed by atoms with Crippen LogP contribution in [0.4, 0.5) is 10.1 Å². The fourth-order valence-corrected chi connectivity index (χ4v) is 1.75. The molecule has 5 nitrogen and oxygen atoms in total. The van der Waals surface area contributed by atoms with Crippen molar-refractivity contribution < 1.29 is 13.6 Å². The molecule has 1 aromatic heterocycles. The SMILES string of the molecule is Cc1cnc(C(C)NC(=O)c2cc(N)c(C)c(F)c2)o1. The van der Waals surface area contributed by atoms with Gasteiger partial charge in [-0.3, -0.25) is 4.79 Å². The van der Waals surface area contributed by atoms with Crippen molar-refractivity contribution in [2.24, 2.45) is 0 Å². The average Bonchev–Trinajstić information content (AvgIpc) is 2.82. The molecule has 1 heterocycles. The van der Waals surface area contributed by atoms with Gasteiger partial charge < -0.3 is 15.5 Å². The first-order chi connectivity index (χ1) is 9.38. The number of anilines is 1. The molecule has 0 bridgehead atoms. The first-order valence-corrected chi connectivity index (χ1v) is 6.17. The van der Waals surface area contributed by atoms with E-state index in [2.05, 4.69) is 10.3 Å². The standard InChI is InChI=1S/C14H16FN3O2/c1-7-6-17-14(20-7)9(3)18-13(19)10-4-11(15)8(2)12(16)5-10/h4-6,9H,16H2,1-3H3,(H,18,19). The summed E-state index contributed by atoms with van der Waals surface area (Å²) in [5.41, 5.74) is 6.40. The van der Waals surface area contributed by atoms with Gasteiger partial charge in [-0.05, 0) is 32.9 Å². The van der Waals surface area contributed by atoms with Gasteiger partial charge >= 0.3 is 0 Å². The molecule has 2 aromatic rings. The summed E-state index contributed by atoms with van der Waals surface area (Å²) in [4.78, 5) is 16.1. The number of nitrogen functional groups attached to an aromatic ring is 1. The molecule has 6 heteroatoms. The number of oxazole rings is 1. The van der Waals surface area contributed by atoms with Gasteiger partial charge in [0.15, 0.2) is 0 Å². The maximum absolute atomic E-state index is 13.6. The smallest absolute Gasteiger partial charge is 0.252 e. The fraction of sp³-hybridized carbons (Fsp3) is 0.286. The Balaban J connectivity index is 2.16. The van der Waals surface area contributed by atoms with Gasteiger partial charge in [0, 0.05) is 16.8 Å². The van der Waals surface area contributed by atoms with E-state index in [0.29, 0.717) is 17.2 Å². The van der Waals surface area contributed by atoms with E-state index in [1.807, 2.05) is 0 Å². The molecule has 0 radical (unpaired) electrons. The van der Waals surface area contributed by atoms with Gasteiger partial charge in [0.05, 0.1) is 6.20 Å². The molecule has 0 aliphatic heterocycles. The highest BCUT2D eigenvalue weighted by molar-refractivity contribution is 5.95. The van der Waals surface area contributed by atoms with E-state index in [1.54, 1.807) is 27.0 Å². The van der Waals surface area contributed by atoms with Crippen LogP contribution in [0.1, 0.15) is 40.5 Å². The number of amides is 1. The monoisotopic (exact) mass is 277 g/mol. The van der Waals surface area contributed by atoms with Crippen molar-refractivity contribution in [1.82, 2.24) is 10.3 Å². The summed E-state index contributed by atoms with van der Waals surface area (Å²) >= 11 is 0. The Labute approximate surface area is 116 Å². The summed E-state index contributed by atoms with van der Waals surface area (Å²) in [5, 5.41) is 2.68. The van der Waals surface area contributed by atoms with E-state index in [1.165, 1.54) is 6.07 Å². The number of rotatable bonds is 3. The number of carbonyl (C=O) groups is 1. The molecule has 0 fully saturated rings. The maximum atomic E-state index is 13.6. The van der Waals surface area contributed by atoms with Crippen LogP contribution in [0.3, 0.4) is 0 Å². The highest BCUT2D eigenvalue weighted by Crippen LogP contribution is 2.19.